The lowest BCUT2D eigenvalue weighted by atomic mass is 10.2. The zero-order valence-electron chi connectivity index (χ0n) is 11.1. The Bertz CT molecular complexity index is 602. The molecular formula is C15H17N3OS. The molecule has 0 spiro atoms. The van der Waals surface area contributed by atoms with Crippen molar-refractivity contribution in [3.63, 3.8) is 0 Å². The standard InChI is InChI=1S/C15H17N3OS/c19-15(12-6-3-9-16-12)17-10-4-8-14-18-11-5-1-2-7-13(11)20-14/h1-3,5-7,12,16H,4,8-10H2,(H,17,19)/t12-/m1/s1. The van der Waals surface area contributed by atoms with E-state index in [2.05, 4.69) is 21.7 Å². The van der Waals surface area contributed by atoms with Crippen LogP contribution >= 0.6 is 11.3 Å². The number of para-hydroxylation sites is 1. The largest absolute Gasteiger partial charge is 0.354 e. The number of aromatic nitrogens is 1. The van der Waals surface area contributed by atoms with E-state index in [1.54, 1.807) is 11.3 Å². The molecule has 0 saturated carbocycles. The third-order valence-electron chi connectivity index (χ3n) is 3.27. The molecule has 1 aromatic carbocycles. The van der Waals surface area contributed by atoms with E-state index in [1.165, 1.54) is 4.70 Å². The molecule has 1 aliphatic heterocycles. The summed E-state index contributed by atoms with van der Waals surface area (Å²) in [6, 6.07) is 8.02. The summed E-state index contributed by atoms with van der Waals surface area (Å²) in [4.78, 5) is 16.3. The molecule has 3 rings (SSSR count). The van der Waals surface area contributed by atoms with Gasteiger partial charge in [-0.05, 0) is 18.6 Å². The Balaban J connectivity index is 1.45. The molecule has 1 amide bonds. The van der Waals surface area contributed by atoms with Crippen LogP contribution in [0.3, 0.4) is 0 Å². The van der Waals surface area contributed by atoms with Gasteiger partial charge < -0.3 is 5.32 Å². The van der Waals surface area contributed by atoms with Gasteiger partial charge in [0, 0.05) is 19.5 Å². The minimum atomic E-state index is -0.155. The normalized spacial score (nSPS) is 17.7. The van der Waals surface area contributed by atoms with E-state index >= 15 is 0 Å². The number of carbonyl (C=O) groups is 1. The molecule has 2 N–H and O–H groups in total. The Kier molecular flexibility index (Phi) is 4.08. The summed E-state index contributed by atoms with van der Waals surface area (Å²) in [7, 11) is 0. The maximum Gasteiger partial charge on any atom is 0.241 e. The fraction of sp³-hybridized carbons (Fsp3) is 0.333. The van der Waals surface area contributed by atoms with E-state index in [4.69, 9.17) is 0 Å². The molecule has 0 fully saturated rings. The summed E-state index contributed by atoms with van der Waals surface area (Å²) in [5.74, 6) is 0.0584. The average Bonchev–Trinajstić information content (AvgIpc) is 3.11. The second-order valence-electron chi connectivity index (χ2n) is 4.78. The lowest BCUT2D eigenvalue weighted by Gasteiger charge is -2.09. The Morgan fingerprint density at radius 3 is 3.15 bits per heavy atom. The number of rotatable bonds is 5. The van der Waals surface area contributed by atoms with Crippen molar-refractivity contribution in [3.8, 4) is 0 Å². The minimum Gasteiger partial charge on any atom is -0.354 e. The highest BCUT2D eigenvalue weighted by Gasteiger charge is 2.16. The van der Waals surface area contributed by atoms with Crippen LogP contribution in [0.25, 0.3) is 10.2 Å². The number of fused-ring (bicyclic) bond motifs is 1. The fourth-order valence-corrected chi connectivity index (χ4v) is 3.24. The number of aryl methyl sites for hydroxylation is 1. The van der Waals surface area contributed by atoms with Crippen LogP contribution in [-0.4, -0.2) is 30.0 Å². The van der Waals surface area contributed by atoms with Gasteiger partial charge in [-0.2, -0.15) is 0 Å². The number of nitrogens with one attached hydrogen (secondary N) is 2. The van der Waals surface area contributed by atoms with E-state index in [9.17, 15) is 4.79 Å². The second kappa shape index (κ2) is 6.15. The lowest BCUT2D eigenvalue weighted by Crippen LogP contribution is -2.40. The first kappa shape index (κ1) is 13.3. The molecule has 2 aromatic rings. The Labute approximate surface area is 121 Å². The first-order valence-corrected chi connectivity index (χ1v) is 7.67. The number of nitrogens with zero attached hydrogens (tertiary/aromatic N) is 1. The fourth-order valence-electron chi connectivity index (χ4n) is 2.24. The van der Waals surface area contributed by atoms with Crippen molar-refractivity contribution >= 4 is 27.5 Å². The third-order valence-corrected chi connectivity index (χ3v) is 4.37. The van der Waals surface area contributed by atoms with E-state index in [0.29, 0.717) is 6.54 Å². The molecule has 1 atom stereocenters. The summed E-state index contributed by atoms with van der Waals surface area (Å²) in [6.07, 6.45) is 5.71. The smallest absolute Gasteiger partial charge is 0.241 e. The van der Waals surface area contributed by atoms with Crippen LogP contribution in [0.4, 0.5) is 0 Å². The van der Waals surface area contributed by atoms with Gasteiger partial charge in [-0.3, -0.25) is 10.1 Å². The predicted octanol–water partition coefficient (Wildman–Crippen LogP) is 1.87. The van der Waals surface area contributed by atoms with Crippen LogP contribution in [-0.2, 0) is 11.2 Å². The summed E-state index contributed by atoms with van der Waals surface area (Å²) in [5, 5.41) is 7.19. The number of amides is 1. The number of hydrogen-bond acceptors (Lipinski definition) is 4. The van der Waals surface area contributed by atoms with Crippen molar-refractivity contribution in [2.45, 2.75) is 18.9 Å². The second-order valence-corrected chi connectivity index (χ2v) is 5.90. The van der Waals surface area contributed by atoms with Crippen molar-refractivity contribution in [1.29, 1.82) is 0 Å². The summed E-state index contributed by atoms with van der Waals surface area (Å²) < 4.78 is 1.23. The number of benzene rings is 1. The van der Waals surface area contributed by atoms with Crippen LogP contribution in [0.15, 0.2) is 36.4 Å². The molecule has 5 heteroatoms. The molecule has 0 radical (unpaired) electrons. The molecule has 1 aromatic heterocycles. The maximum absolute atomic E-state index is 11.8. The van der Waals surface area contributed by atoms with E-state index in [-0.39, 0.29) is 11.9 Å². The Hall–Kier alpha value is -1.72. The van der Waals surface area contributed by atoms with E-state index in [0.717, 1.165) is 29.9 Å². The molecule has 0 aliphatic carbocycles. The SMILES string of the molecule is O=C(NCCCc1nc2ccccc2s1)[C@H]1C=CCN1. The number of carbonyl (C=O) groups excluding carboxylic acids is 1. The van der Waals surface area contributed by atoms with Crippen molar-refractivity contribution in [2.75, 3.05) is 13.1 Å². The molecule has 20 heavy (non-hydrogen) atoms. The topological polar surface area (TPSA) is 54.0 Å². The van der Waals surface area contributed by atoms with Gasteiger partial charge in [0.2, 0.25) is 5.91 Å². The van der Waals surface area contributed by atoms with Gasteiger partial charge in [-0.15, -0.1) is 11.3 Å². The van der Waals surface area contributed by atoms with E-state index < -0.39 is 0 Å². The highest BCUT2D eigenvalue weighted by molar-refractivity contribution is 7.18. The minimum absolute atomic E-state index is 0.0584. The van der Waals surface area contributed by atoms with Crippen LogP contribution in [0.2, 0.25) is 0 Å². The van der Waals surface area contributed by atoms with Gasteiger partial charge in [0.05, 0.1) is 15.2 Å². The Morgan fingerprint density at radius 1 is 1.45 bits per heavy atom. The zero-order valence-corrected chi connectivity index (χ0v) is 12.0. The molecular weight excluding hydrogens is 270 g/mol. The van der Waals surface area contributed by atoms with Gasteiger partial charge in [0.15, 0.2) is 0 Å². The van der Waals surface area contributed by atoms with Gasteiger partial charge >= 0.3 is 0 Å². The van der Waals surface area contributed by atoms with Gasteiger partial charge in [-0.25, -0.2) is 4.98 Å². The molecule has 104 valence electrons. The quantitative estimate of drug-likeness (QED) is 0.652. The maximum atomic E-state index is 11.8. The van der Waals surface area contributed by atoms with Crippen molar-refractivity contribution in [3.05, 3.63) is 41.4 Å². The molecule has 0 bridgehead atoms. The van der Waals surface area contributed by atoms with Crippen LogP contribution in [0, 0.1) is 0 Å². The monoisotopic (exact) mass is 287 g/mol. The molecule has 0 saturated heterocycles. The first-order valence-electron chi connectivity index (χ1n) is 6.85. The highest BCUT2D eigenvalue weighted by Crippen LogP contribution is 2.22. The summed E-state index contributed by atoms with van der Waals surface area (Å²) >= 11 is 1.73. The number of thiazole rings is 1. The summed E-state index contributed by atoms with van der Waals surface area (Å²) in [5.41, 5.74) is 1.07. The van der Waals surface area contributed by atoms with Crippen molar-refractivity contribution < 1.29 is 4.79 Å². The van der Waals surface area contributed by atoms with E-state index in [1.807, 2.05) is 30.4 Å². The number of hydrogen-bond donors (Lipinski definition) is 2. The van der Waals surface area contributed by atoms with Gasteiger partial charge in [0.25, 0.3) is 0 Å². The highest BCUT2D eigenvalue weighted by atomic mass is 32.1. The molecule has 2 heterocycles. The Morgan fingerprint density at radius 2 is 2.35 bits per heavy atom. The van der Waals surface area contributed by atoms with Crippen molar-refractivity contribution in [2.24, 2.45) is 0 Å². The third kappa shape index (κ3) is 3.05. The zero-order chi connectivity index (χ0) is 13.8. The first-order chi connectivity index (χ1) is 9.83. The van der Waals surface area contributed by atoms with Crippen LogP contribution in [0.1, 0.15) is 11.4 Å². The van der Waals surface area contributed by atoms with Crippen LogP contribution < -0.4 is 10.6 Å². The summed E-state index contributed by atoms with van der Waals surface area (Å²) in [6.45, 7) is 1.48. The van der Waals surface area contributed by atoms with Gasteiger partial charge in [0.1, 0.15) is 6.04 Å². The van der Waals surface area contributed by atoms with Crippen molar-refractivity contribution in [1.82, 2.24) is 15.6 Å². The lowest BCUT2D eigenvalue weighted by molar-refractivity contribution is -0.121. The molecule has 1 aliphatic rings. The average molecular weight is 287 g/mol. The molecule has 4 nitrogen and oxygen atoms in total. The van der Waals surface area contributed by atoms with Crippen LogP contribution in [0.5, 0.6) is 0 Å². The molecule has 0 unspecified atom stereocenters. The predicted molar refractivity (Wildman–Crippen MR) is 81.9 cm³/mol. The van der Waals surface area contributed by atoms with Gasteiger partial charge in [-0.1, -0.05) is 24.3 Å².